The standard InChI is InChI=1S/C23H20FN3O4S/c1-3-27(2)32(29,30)19-13-12-17(21(26-19)14-8-10-15(24)11-9-14)22-20(23(25)28)16-6-4-5-7-18(16)31-22/h4-13H,3H2,1-2H3,(H2,25,28). The molecule has 0 radical (unpaired) electrons. The van der Waals surface area contributed by atoms with E-state index in [2.05, 4.69) is 4.98 Å². The Bertz CT molecular complexity index is 1430. The zero-order chi connectivity index (χ0) is 23.0. The summed E-state index contributed by atoms with van der Waals surface area (Å²) >= 11 is 0. The van der Waals surface area contributed by atoms with E-state index in [-0.39, 0.29) is 28.6 Å². The van der Waals surface area contributed by atoms with Gasteiger partial charge in [0.1, 0.15) is 17.2 Å². The summed E-state index contributed by atoms with van der Waals surface area (Å²) in [5, 5.41) is 0.351. The Kier molecular flexibility index (Phi) is 5.53. The Morgan fingerprint density at radius 3 is 2.44 bits per heavy atom. The van der Waals surface area contributed by atoms with E-state index in [0.29, 0.717) is 22.1 Å². The van der Waals surface area contributed by atoms with E-state index in [1.165, 1.54) is 47.8 Å². The third-order valence-electron chi connectivity index (χ3n) is 5.19. The van der Waals surface area contributed by atoms with Crippen molar-refractivity contribution >= 4 is 26.9 Å². The van der Waals surface area contributed by atoms with E-state index in [0.717, 1.165) is 0 Å². The highest BCUT2D eigenvalue weighted by Crippen LogP contribution is 2.38. The van der Waals surface area contributed by atoms with Gasteiger partial charge < -0.3 is 10.2 Å². The first-order valence-electron chi connectivity index (χ1n) is 9.79. The Morgan fingerprint density at radius 2 is 1.78 bits per heavy atom. The van der Waals surface area contributed by atoms with Crippen molar-refractivity contribution in [1.82, 2.24) is 9.29 Å². The average Bonchev–Trinajstić information content (AvgIpc) is 3.18. The molecule has 32 heavy (non-hydrogen) atoms. The predicted molar refractivity (Wildman–Crippen MR) is 119 cm³/mol. The second-order valence-corrected chi connectivity index (χ2v) is 9.13. The third-order valence-corrected chi connectivity index (χ3v) is 7.03. The van der Waals surface area contributed by atoms with Crippen LogP contribution >= 0.6 is 0 Å². The van der Waals surface area contributed by atoms with Gasteiger partial charge in [0.25, 0.3) is 15.9 Å². The van der Waals surface area contributed by atoms with Gasteiger partial charge in [-0.3, -0.25) is 4.79 Å². The van der Waals surface area contributed by atoms with Crippen LogP contribution in [0.5, 0.6) is 0 Å². The van der Waals surface area contributed by atoms with Gasteiger partial charge in [0, 0.05) is 30.1 Å². The van der Waals surface area contributed by atoms with Gasteiger partial charge in [0.15, 0.2) is 5.03 Å². The van der Waals surface area contributed by atoms with Crippen LogP contribution in [0.2, 0.25) is 0 Å². The Hall–Kier alpha value is -3.56. The van der Waals surface area contributed by atoms with Crippen molar-refractivity contribution in [2.45, 2.75) is 11.9 Å². The van der Waals surface area contributed by atoms with E-state index >= 15 is 0 Å². The molecule has 2 aromatic heterocycles. The maximum Gasteiger partial charge on any atom is 0.260 e. The van der Waals surface area contributed by atoms with Gasteiger partial charge in [0.2, 0.25) is 0 Å². The lowest BCUT2D eigenvalue weighted by Gasteiger charge is -2.16. The molecule has 0 fully saturated rings. The van der Waals surface area contributed by atoms with Crippen molar-refractivity contribution in [3.63, 3.8) is 0 Å². The van der Waals surface area contributed by atoms with Gasteiger partial charge >= 0.3 is 0 Å². The Labute approximate surface area is 184 Å². The largest absolute Gasteiger partial charge is 0.455 e. The lowest BCUT2D eigenvalue weighted by Crippen LogP contribution is -2.27. The van der Waals surface area contributed by atoms with E-state index in [1.54, 1.807) is 31.2 Å². The summed E-state index contributed by atoms with van der Waals surface area (Å²) in [6, 6.07) is 15.2. The molecular formula is C23H20FN3O4S. The van der Waals surface area contributed by atoms with Crippen molar-refractivity contribution in [1.29, 1.82) is 0 Å². The highest BCUT2D eigenvalue weighted by atomic mass is 32.2. The molecule has 0 atom stereocenters. The van der Waals surface area contributed by atoms with Crippen LogP contribution < -0.4 is 5.73 Å². The number of furan rings is 1. The fraction of sp³-hybridized carbons (Fsp3) is 0.130. The highest BCUT2D eigenvalue weighted by Gasteiger charge is 2.27. The molecular weight excluding hydrogens is 433 g/mol. The number of hydrogen-bond acceptors (Lipinski definition) is 5. The van der Waals surface area contributed by atoms with Crippen molar-refractivity contribution in [2.24, 2.45) is 5.73 Å². The summed E-state index contributed by atoms with van der Waals surface area (Å²) in [5.41, 5.74) is 7.30. The molecule has 4 rings (SSSR count). The molecule has 1 amide bonds. The molecule has 2 heterocycles. The minimum absolute atomic E-state index is 0.159. The fourth-order valence-corrected chi connectivity index (χ4v) is 4.51. The summed E-state index contributed by atoms with van der Waals surface area (Å²) in [7, 11) is -2.40. The van der Waals surface area contributed by atoms with Crippen LogP contribution in [0.15, 0.2) is 70.1 Å². The van der Waals surface area contributed by atoms with Crippen molar-refractivity contribution < 1.29 is 22.0 Å². The number of fused-ring (bicyclic) bond motifs is 1. The fourth-order valence-electron chi connectivity index (χ4n) is 3.41. The number of halogens is 1. The number of nitrogens with zero attached hydrogens (tertiary/aromatic N) is 2. The first kappa shape index (κ1) is 21.7. The molecule has 0 bridgehead atoms. The predicted octanol–water partition coefficient (Wildman–Crippen LogP) is 4.04. The van der Waals surface area contributed by atoms with E-state index in [9.17, 15) is 17.6 Å². The normalized spacial score (nSPS) is 11.9. The van der Waals surface area contributed by atoms with E-state index in [4.69, 9.17) is 10.2 Å². The number of rotatable bonds is 6. The van der Waals surface area contributed by atoms with E-state index in [1.807, 2.05) is 0 Å². The summed E-state index contributed by atoms with van der Waals surface area (Å²) < 4.78 is 46.4. The number of primary amides is 1. The molecule has 0 saturated heterocycles. The number of benzene rings is 2. The Balaban J connectivity index is 2.03. The Morgan fingerprint density at radius 1 is 1.09 bits per heavy atom. The summed E-state index contributed by atoms with van der Waals surface area (Å²) in [5.74, 6) is -0.984. The number of sulfonamides is 1. The molecule has 0 aliphatic rings. The summed E-state index contributed by atoms with van der Waals surface area (Å²) in [6.45, 7) is 1.97. The third kappa shape index (κ3) is 3.65. The molecule has 0 saturated carbocycles. The zero-order valence-corrected chi connectivity index (χ0v) is 18.2. The van der Waals surface area contributed by atoms with E-state index < -0.39 is 21.7 Å². The smallest absolute Gasteiger partial charge is 0.260 e. The number of amides is 1. The lowest BCUT2D eigenvalue weighted by molar-refractivity contribution is 0.100. The number of pyridine rings is 1. The zero-order valence-electron chi connectivity index (χ0n) is 17.4. The van der Waals surface area contributed by atoms with Gasteiger partial charge in [0.05, 0.1) is 11.3 Å². The molecule has 4 aromatic rings. The SMILES string of the molecule is CCN(C)S(=O)(=O)c1ccc(-c2oc3ccccc3c2C(N)=O)c(-c2ccc(F)cc2)n1. The molecule has 0 unspecified atom stereocenters. The topological polar surface area (TPSA) is 107 Å². The number of para-hydroxylation sites is 1. The van der Waals surface area contributed by atoms with Gasteiger partial charge in [-0.25, -0.2) is 17.8 Å². The van der Waals surface area contributed by atoms with Crippen LogP contribution in [0.4, 0.5) is 4.39 Å². The lowest BCUT2D eigenvalue weighted by atomic mass is 10.00. The second kappa shape index (κ2) is 8.18. The molecule has 9 heteroatoms. The van der Waals surface area contributed by atoms with Gasteiger partial charge in [-0.15, -0.1) is 0 Å². The van der Waals surface area contributed by atoms with Crippen molar-refractivity contribution in [2.75, 3.05) is 13.6 Å². The van der Waals surface area contributed by atoms with Crippen LogP contribution in [-0.2, 0) is 10.0 Å². The molecule has 7 nitrogen and oxygen atoms in total. The monoisotopic (exact) mass is 453 g/mol. The van der Waals surface area contributed by atoms with Crippen LogP contribution in [0, 0.1) is 5.82 Å². The van der Waals surface area contributed by atoms with Crippen LogP contribution in [0.3, 0.4) is 0 Å². The summed E-state index contributed by atoms with van der Waals surface area (Å²) in [6.07, 6.45) is 0. The maximum atomic E-state index is 13.6. The molecule has 2 N–H and O–H groups in total. The molecule has 0 spiro atoms. The molecule has 0 aliphatic carbocycles. The van der Waals surface area contributed by atoms with Crippen LogP contribution in [0.1, 0.15) is 17.3 Å². The van der Waals surface area contributed by atoms with Crippen LogP contribution in [0.25, 0.3) is 33.6 Å². The number of nitrogens with two attached hydrogens (primary N) is 1. The van der Waals surface area contributed by atoms with Gasteiger partial charge in [-0.2, -0.15) is 4.31 Å². The molecule has 0 aliphatic heterocycles. The van der Waals surface area contributed by atoms with Crippen LogP contribution in [-0.4, -0.2) is 37.2 Å². The number of hydrogen-bond donors (Lipinski definition) is 1. The minimum atomic E-state index is -3.85. The van der Waals surface area contributed by atoms with Gasteiger partial charge in [-0.1, -0.05) is 25.1 Å². The first-order valence-corrected chi connectivity index (χ1v) is 11.2. The molecule has 164 valence electrons. The van der Waals surface area contributed by atoms with Crippen molar-refractivity contribution in [3.05, 3.63) is 72.0 Å². The minimum Gasteiger partial charge on any atom is -0.455 e. The maximum absolute atomic E-state index is 13.6. The quantitative estimate of drug-likeness (QED) is 0.474. The molecule has 2 aromatic carbocycles. The first-order chi connectivity index (χ1) is 15.2. The summed E-state index contributed by atoms with van der Waals surface area (Å²) in [4.78, 5) is 16.7. The van der Waals surface area contributed by atoms with Crippen molar-refractivity contribution in [3.8, 4) is 22.6 Å². The number of carbonyl (C=O) groups is 1. The second-order valence-electron chi connectivity index (χ2n) is 7.14. The van der Waals surface area contributed by atoms with Gasteiger partial charge in [-0.05, 0) is 42.5 Å². The number of carbonyl (C=O) groups excluding carboxylic acids is 1. The highest BCUT2D eigenvalue weighted by molar-refractivity contribution is 7.89. The number of aromatic nitrogens is 1. The average molecular weight is 453 g/mol.